The van der Waals surface area contributed by atoms with Gasteiger partial charge in [-0.25, -0.2) is 13.1 Å². The number of benzene rings is 1. The largest absolute Gasteiger partial charge is 0.242 e. The maximum absolute atomic E-state index is 11.8. The molecule has 1 aliphatic carbocycles. The van der Waals surface area contributed by atoms with Gasteiger partial charge in [0.25, 0.3) is 0 Å². The fourth-order valence-electron chi connectivity index (χ4n) is 1.27. The molecule has 84 valence electrons. The quantitative estimate of drug-likeness (QED) is 0.894. The Hall–Kier alpha value is -1.09. The van der Waals surface area contributed by atoms with Crippen LogP contribution in [0.25, 0.3) is 0 Å². The first-order chi connectivity index (χ1) is 7.53. The van der Waals surface area contributed by atoms with E-state index in [9.17, 15) is 8.42 Å². The lowest BCUT2D eigenvalue weighted by Crippen LogP contribution is -2.25. The topological polar surface area (TPSA) is 70.0 Å². The van der Waals surface area contributed by atoms with E-state index in [-0.39, 0.29) is 16.0 Å². The highest BCUT2D eigenvalue weighted by atomic mass is 35.5. The van der Waals surface area contributed by atoms with Crippen LogP contribution < -0.4 is 4.72 Å². The number of nitrogens with one attached hydrogen (secondary N) is 1. The molecule has 0 atom stereocenters. The predicted molar refractivity (Wildman–Crippen MR) is 59.5 cm³/mol. The Morgan fingerprint density at radius 1 is 1.44 bits per heavy atom. The van der Waals surface area contributed by atoms with E-state index in [1.54, 1.807) is 0 Å². The summed E-state index contributed by atoms with van der Waals surface area (Å²) in [6, 6.07) is 6.08. The Balaban J connectivity index is 2.36. The molecule has 1 aromatic rings. The highest BCUT2D eigenvalue weighted by Gasteiger charge is 2.29. The smallest absolute Gasteiger partial charge is 0.208 e. The molecule has 0 spiro atoms. The first-order valence-electron chi connectivity index (χ1n) is 4.75. The van der Waals surface area contributed by atoms with Gasteiger partial charge in [0.05, 0.1) is 16.7 Å². The van der Waals surface area contributed by atoms with Crippen molar-refractivity contribution in [3.05, 3.63) is 28.8 Å². The van der Waals surface area contributed by atoms with Crippen LogP contribution in [0.3, 0.4) is 0 Å². The second kappa shape index (κ2) is 4.06. The van der Waals surface area contributed by atoms with Crippen LogP contribution >= 0.6 is 11.6 Å². The van der Waals surface area contributed by atoms with Gasteiger partial charge in [0.1, 0.15) is 4.90 Å². The Morgan fingerprint density at radius 3 is 2.62 bits per heavy atom. The van der Waals surface area contributed by atoms with Crippen molar-refractivity contribution in [3.63, 3.8) is 0 Å². The summed E-state index contributed by atoms with van der Waals surface area (Å²) in [7, 11) is -3.54. The van der Waals surface area contributed by atoms with Gasteiger partial charge in [-0.05, 0) is 31.0 Å². The average Bonchev–Trinajstić information content (AvgIpc) is 3.00. The summed E-state index contributed by atoms with van der Waals surface area (Å²) < 4.78 is 26.2. The van der Waals surface area contributed by atoms with Crippen molar-refractivity contribution >= 4 is 21.6 Å². The molecule has 6 heteroatoms. The van der Waals surface area contributed by atoms with Crippen LogP contribution in [0.5, 0.6) is 0 Å². The maximum atomic E-state index is 11.8. The number of hydrogen-bond donors (Lipinski definition) is 1. The zero-order chi connectivity index (χ0) is 11.8. The van der Waals surface area contributed by atoms with E-state index in [1.807, 2.05) is 6.07 Å². The second-order valence-electron chi connectivity index (χ2n) is 3.65. The van der Waals surface area contributed by atoms with Gasteiger partial charge < -0.3 is 0 Å². The minimum Gasteiger partial charge on any atom is -0.208 e. The molecule has 1 saturated carbocycles. The maximum Gasteiger partial charge on any atom is 0.242 e. The van der Waals surface area contributed by atoms with Crippen molar-refractivity contribution in [1.82, 2.24) is 4.72 Å². The van der Waals surface area contributed by atoms with Crippen LogP contribution in [-0.2, 0) is 10.0 Å². The molecular formula is C10H9ClN2O2S. The van der Waals surface area contributed by atoms with Crippen LogP contribution in [-0.4, -0.2) is 14.5 Å². The fourth-order valence-corrected chi connectivity index (χ4v) is 3.12. The van der Waals surface area contributed by atoms with Crippen molar-refractivity contribution in [2.45, 2.75) is 23.8 Å². The van der Waals surface area contributed by atoms with Crippen LogP contribution in [0, 0.1) is 11.3 Å². The van der Waals surface area contributed by atoms with E-state index in [1.165, 1.54) is 18.2 Å². The molecule has 0 heterocycles. The molecule has 0 radical (unpaired) electrons. The molecule has 0 aliphatic heterocycles. The molecule has 1 aliphatic rings. The van der Waals surface area contributed by atoms with Gasteiger partial charge >= 0.3 is 0 Å². The van der Waals surface area contributed by atoms with Crippen LogP contribution in [0.15, 0.2) is 23.1 Å². The van der Waals surface area contributed by atoms with Gasteiger partial charge in [-0.1, -0.05) is 11.6 Å². The van der Waals surface area contributed by atoms with Crippen LogP contribution in [0.2, 0.25) is 5.02 Å². The number of nitrogens with zero attached hydrogens (tertiary/aromatic N) is 1. The number of hydrogen-bond acceptors (Lipinski definition) is 3. The third-order valence-electron chi connectivity index (χ3n) is 2.25. The molecule has 1 aromatic carbocycles. The summed E-state index contributed by atoms with van der Waals surface area (Å²) in [5, 5.41) is 8.71. The average molecular weight is 257 g/mol. The van der Waals surface area contributed by atoms with Crippen molar-refractivity contribution in [3.8, 4) is 6.07 Å². The SMILES string of the molecule is N#Cc1ccc(S(=O)(=O)NC2CC2)c(Cl)c1. The van der Waals surface area contributed by atoms with E-state index >= 15 is 0 Å². The summed E-state index contributed by atoms with van der Waals surface area (Å²) in [6.07, 6.45) is 1.74. The van der Waals surface area contributed by atoms with Gasteiger partial charge in [0.2, 0.25) is 10.0 Å². The van der Waals surface area contributed by atoms with Gasteiger partial charge in [-0.3, -0.25) is 0 Å². The lowest BCUT2D eigenvalue weighted by molar-refractivity contribution is 0.581. The molecule has 0 bridgehead atoms. The summed E-state index contributed by atoms with van der Waals surface area (Å²) in [5.41, 5.74) is 0.343. The normalized spacial score (nSPS) is 15.8. The lowest BCUT2D eigenvalue weighted by Gasteiger charge is -2.07. The standard InChI is InChI=1S/C10H9ClN2O2S/c11-9-5-7(6-12)1-4-10(9)16(14,15)13-8-2-3-8/h1,4-5,8,13H,2-3H2. The summed E-state index contributed by atoms with van der Waals surface area (Å²) in [5.74, 6) is 0. The number of sulfonamides is 1. The molecular weight excluding hydrogens is 248 g/mol. The van der Waals surface area contributed by atoms with Crippen molar-refractivity contribution in [2.75, 3.05) is 0 Å². The zero-order valence-electron chi connectivity index (χ0n) is 8.27. The van der Waals surface area contributed by atoms with E-state index in [2.05, 4.69) is 4.72 Å². The molecule has 4 nitrogen and oxygen atoms in total. The molecule has 1 fully saturated rings. The fraction of sp³-hybridized carbons (Fsp3) is 0.300. The second-order valence-corrected chi connectivity index (χ2v) is 5.74. The highest BCUT2D eigenvalue weighted by Crippen LogP contribution is 2.26. The first-order valence-corrected chi connectivity index (χ1v) is 6.61. The van der Waals surface area contributed by atoms with E-state index in [4.69, 9.17) is 16.9 Å². The van der Waals surface area contributed by atoms with Crippen molar-refractivity contribution in [2.24, 2.45) is 0 Å². The molecule has 0 unspecified atom stereocenters. The van der Waals surface area contributed by atoms with Crippen molar-refractivity contribution < 1.29 is 8.42 Å². The molecule has 0 aromatic heterocycles. The zero-order valence-corrected chi connectivity index (χ0v) is 9.85. The monoisotopic (exact) mass is 256 g/mol. The van der Waals surface area contributed by atoms with Crippen molar-refractivity contribution in [1.29, 1.82) is 5.26 Å². The van der Waals surface area contributed by atoms with Crippen LogP contribution in [0.4, 0.5) is 0 Å². The molecule has 1 N–H and O–H groups in total. The lowest BCUT2D eigenvalue weighted by atomic mass is 10.2. The Kier molecular flexibility index (Phi) is 2.89. The molecule has 0 saturated heterocycles. The minimum atomic E-state index is -3.54. The number of nitriles is 1. The molecule has 16 heavy (non-hydrogen) atoms. The Morgan fingerprint density at radius 2 is 2.12 bits per heavy atom. The summed E-state index contributed by atoms with van der Waals surface area (Å²) >= 11 is 5.83. The molecule has 2 rings (SSSR count). The van der Waals surface area contributed by atoms with E-state index < -0.39 is 10.0 Å². The number of halogens is 1. The number of rotatable bonds is 3. The Labute approximate surface area is 98.9 Å². The van der Waals surface area contributed by atoms with Gasteiger partial charge in [-0.2, -0.15) is 5.26 Å². The molecule has 0 amide bonds. The third kappa shape index (κ3) is 2.35. The summed E-state index contributed by atoms with van der Waals surface area (Å²) in [4.78, 5) is 0.0278. The highest BCUT2D eigenvalue weighted by molar-refractivity contribution is 7.89. The van der Waals surface area contributed by atoms with E-state index in [0.29, 0.717) is 5.56 Å². The van der Waals surface area contributed by atoms with E-state index in [0.717, 1.165) is 12.8 Å². The van der Waals surface area contributed by atoms with Crippen LogP contribution in [0.1, 0.15) is 18.4 Å². The van der Waals surface area contributed by atoms with Gasteiger partial charge in [0, 0.05) is 6.04 Å². The predicted octanol–water partition coefficient (Wildman–Crippen LogP) is 1.65. The minimum absolute atomic E-state index is 0.0278. The Bertz CT molecular complexity index is 559. The van der Waals surface area contributed by atoms with Gasteiger partial charge in [-0.15, -0.1) is 0 Å². The first kappa shape index (κ1) is 11.4. The third-order valence-corrected chi connectivity index (χ3v) is 4.25. The summed E-state index contributed by atoms with van der Waals surface area (Å²) in [6.45, 7) is 0. The van der Waals surface area contributed by atoms with Gasteiger partial charge in [0.15, 0.2) is 0 Å².